The molecule has 2 N–H and O–H groups in total. The monoisotopic (exact) mass is 270 g/mol. The molecule has 0 saturated heterocycles. The first-order valence-electron chi connectivity index (χ1n) is 6.52. The molecule has 0 aliphatic heterocycles. The standard InChI is InChI=1S/C16H18N2O2/c19-11-10-17-18-12-14-6-4-5-7-15(14)13-20-16-8-2-1-3-9-16/h1-9,12,17,19H,10-11,13H2/b18-12+. The van der Waals surface area contributed by atoms with Gasteiger partial charge in [0.2, 0.25) is 0 Å². The second-order valence-corrected chi connectivity index (χ2v) is 4.19. The maximum atomic E-state index is 8.67. The van der Waals surface area contributed by atoms with Gasteiger partial charge in [-0.25, -0.2) is 0 Å². The van der Waals surface area contributed by atoms with E-state index in [9.17, 15) is 0 Å². The summed E-state index contributed by atoms with van der Waals surface area (Å²) in [5, 5.41) is 12.7. The van der Waals surface area contributed by atoms with Crippen LogP contribution in [0, 0.1) is 0 Å². The van der Waals surface area contributed by atoms with Crippen molar-refractivity contribution in [3.63, 3.8) is 0 Å². The topological polar surface area (TPSA) is 53.8 Å². The highest BCUT2D eigenvalue weighted by atomic mass is 16.5. The number of benzene rings is 2. The minimum Gasteiger partial charge on any atom is -0.489 e. The molecular formula is C16H18N2O2. The average molecular weight is 270 g/mol. The van der Waals surface area contributed by atoms with Crippen LogP contribution in [-0.4, -0.2) is 24.5 Å². The molecule has 0 unspecified atom stereocenters. The largest absolute Gasteiger partial charge is 0.489 e. The number of para-hydroxylation sites is 1. The number of hydrogen-bond acceptors (Lipinski definition) is 4. The molecule has 0 heterocycles. The van der Waals surface area contributed by atoms with E-state index in [1.165, 1.54) is 0 Å². The molecule has 0 saturated carbocycles. The highest BCUT2D eigenvalue weighted by Gasteiger charge is 2.00. The van der Waals surface area contributed by atoms with Crippen LogP contribution in [-0.2, 0) is 6.61 Å². The summed E-state index contributed by atoms with van der Waals surface area (Å²) >= 11 is 0. The molecule has 2 aromatic carbocycles. The molecule has 104 valence electrons. The molecule has 0 bridgehead atoms. The third-order valence-electron chi connectivity index (χ3n) is 2.71. The van der Waals surface area contributed by atoms with Gasteiger partial charge in [-0.05, 0) is 17.7 Å². The van der Waals surface area contributed by atoms with Crippen LogP contribution in [0.1, 0.15) is 11.1 Å². The van der Waals surface area contributed by atoms with E-state index in [-0.39, 0.29) is 6.61 Å². The Hall–Kier alpha value is -2.33. The molecule has 0 amide bonds. The number of hydrogen-bond donors (Lipinski definition) is 2. The molecule has 4 nitrogen and oxygen atoms in total. The molecule has 0 spiro atoms. The number of hydrazone groups is 1. The van der Waals surface area contributed by atoms with Crippen molar-refractivity contribution in [1.29, 1.82) is 0 Å². The van der Waals surface area contributed by atoms with E-state index in [4.69, 9.17) is 9.84 Å². The lowest BCUT2D eigenvalue weighted by Gasteiger charge is -2.08. The van der Waals surface area contributed by atoms with Crippen LogP contribution in [0.2, 0.25) is 0 Å². The molecule has 0 atom stereocenters. The van der Waals surface area contributed by atoms with Crippen molar-refractivity contribution in [3.8, 4) is 5.75 Å². The number of rotatable bonds is 7. The van der Waals surface area contributed by atoms with Crippen molar-refractivity contribution in [3.05, 3.63) is 65.7 Å². The first kappa shape index (κ1) is 14.1. The summed E-state index contributed by atoms with van der Waals surface area (Å²) in [4.78, 5) is 0. The maximum Gasteiger partial charge on any atom is 0.119 e. The predicted molar refractivity (Wildman–Crippen MR) is 79.9 cm³/mol. The van der Waals surface area contributed by atoms with Crippen molar-refractivity contribution in [1.82, 2.24) is 5.43 Å². The van der Waals surface area contributed by atoms with Crippen molar-refractivity contribution in [2.24, 2.45) is 5.10 Å². The van der Waals surface area contributed by atoms with E-state index >= 15 is 0 Å². The first-order valence-corrected chi connectivity index (χ1v) is 6.52. The van der Waals surface area contributed by atoms with Gasteiger partial charge in [-0.1, -0.05) is 42.5 Å². The summed E-state index contributed by atoms with van der Waals surface area (Å²) < 4.78 is 5.74. The predicted octanol–water partition coefficient (Wildman–Crippen LogP) is 2.18. The van der Waals surface area contributed by atoms with Gasteiger partial charge in [-0.15, -0.1) is 0 Å². The molecule has 0 radical (unpaired) electrons. The third kappa shape index (κ3) is 4.40. The zero-order chi connectivity index (χ0) is 14.0. The Morgan fingerprint density at radius 1 is 1.05 bits per heavy atom. The van der Waals surface area contributed by atoms with Crippen LogP contribution in [0.15, 0.2) is 59.7 Å². The summed E-state index contributed by atoms with van der Waals surface area (Å²) in [5.74, 6) is 0.845. The van der Waals surface area contributed by atoms with Gasteiger partial charge in [0.05, 0.1) is 19.4 Å². The minimum absolute atomic E-state index is 0.0656. The van der Waals surface area contributed by atoms with Gasteiger partial charge < -0.3 is 15.3 Å². The van der Waals surface area contributed by atoms with E-state index in [2.05, 4.69) is 10.5 Å². The molecule has 2 rings (SSSR count). The van der Waals surface area contributed by atoms with Gasteiger partial charge in [0.15, 0.2) is 0 Å². The summed E-state index contributed by atoms with van der Waals surface area (Å²) in [6.45, 7) is 1.00. The van der Waals surface area contributed by atoms with Gasteiger partial charge >= 0.3 is 0 Å². The quantitative estimate of drug-likeness (QED) is 0.460. The second kappa shape index (κ2) is 7.96. The summed E-state index contributed by atoms with van der Waals surface area (Å²) in [6, 6.07) is 17.6. The molecule has 0 aliphatic carbocycles. The third-order valence-corrected chi connectivity index (χ3v) is 2.71. The van der Waals surface area contributed by atoms with Crippen LogP contribution in [0.25, 0.3) is 0 Å². The molecule has 4 heteroatoms. The van der Waals surface area contributed by atoms with Crippen LogP contribution >= 0.6 is 0 Å². The van der Waals surface area contributed by atoms with Crippen molar-refractivity contribution < 1.29 is 9.84 Å². The average Bonchev–Trinajstić information content (AvgIpc) is 2.51. The van der Waals surface area contributed by atoms with Crippen LogP contribution in [0.4, 0.5) is 0 Å². The van der Waals surface area contributed by atoms with E-state index < -0.39 is 0 Å². The SMILES string of the molecule is OCCN/N=C/c1ccccc1COc1ccccc1. The number of nitrogens with one attached hydrogen (secondary N) is 1. The smallest absolute Gasteiger partial charge is 0.119 e. The summed E-state index contributed by atoms with van der Waals surface area (Å²) in [7, 11) is 0. The number of ether oxygens (including phenoxy) is 1. The normalized spacial score (nSPS) is 10.7. The number of nitrogens with zero attached hydrogens (tertiary/aromatic N) is 1. The maximum absolute atomic E-state index is 8.67. The van der Waals surface area contributed by atoms with Crippen LogP contribution in [0.3, 0.4) is 0 Å². The molecule has 2 aromatic rings. The minimum atomic E-state index is 0.0656. The fourth-order valence-corrected chi connectivity index (χ4v) is 1.70. The molecule has 20 heavy (non-hydrogen) atoms. The van der Waals surface area contributed by atoms with Crippen molar-refractivity contribution >= 4 is 6.21 Å². The van der Waals surface area contributed by atoms with E-state index in [0.29, 0.717) is 13.2 Å². The lowest BCUT2D eigenvalue weighted by molar-refractivity contribution is 0.293. The van der Waals surface area contributed by atoms with Crippen LogP contribution in [0.5, 0.6) is 5.75 Å². The lowest BCUT2D eigenvalue weighted by Crippen LogP contribution is -2.11. The van der Waals surface area contributed by atoms with E-state index in [1.807, 2.05) is 54.6 Å². The van der Waals surface area contributed by atoms with E-state index in [0.717, 1.165) is 16.9 Å². The molecule has 0 aromatic heterocycles. The highest BCUT2D eigenvalue weighted by Crippen LogP contribution is 2.13. The Bertz CT molecular complexity index is 541. The highest BCUT2D eigenvalue weighted by molar-refractivity contribution is 5.81. The van der Waals surface area contributed by atoms with Crippen LogP contribution < -0.4 is 10.2 Å². The van der Waals surface area contributed by atoms with Gasteiger partial charge in [0.25, 0.3) is 0 Å². The van der Waals surface area contributed by atoms with E-state index in [1.54, 1.807) is 6.21 Å². The number of aliphatic hydroxyl groups excluding tert-OH is 1. The Morgan fingerprint density at radius 2 is 1.80 bits per heavy atom. The molecule has 0 fully saturated rings. The first-order chi connectivity index (χ1) is 9.90. The van der Waals surface area contributed by atoms with Gasteiger partial charge in [-0.2, -0.15) is 5.10 Å². The Morgan fingerprint density at radius 3 is 2.60 bits per heavy atom. The summed E-state index contributed by atoms with van der Waals surface area (Å²) in [6.07, 6.45) is 1.74. The fraction of sp³-hybridized carbons (Fsp3) is 0.188. The van der Waals surface area contributed by atoms with Crippen molar-refractivity contribution in [2.75, 3.05) is 13.2 Å². The zero-order valence-corrected chi connectivity index (χ0v) is 11.2. The molecular weight excluding hydrogens is 252 g/mol. The van der Waals surface area contributed by atoms with Crippen molar-refractivity contribution in [2.45, 2.75) is 6.61 Å². The van der Waals surface area contributed by atoms with Gasteiger partial charge in [0, 0.05) is 5.56 Å². The summed E-state index contributed by atoms with van der Waals surface area (Å²) in [5.41, 5.74) is 4.82. The Balaban J connectivity index is 1.98. The second-order valence-electron chi connectivity index (χ2n) is 4.19. The van der Waals surface area contributed by atoms with Gasteiger partial charge in [-0.3, -0.25) is 0 Å². The van der Waals surface area contributed by atoms with Gasteiger partial charge in [0.1, 0.15) is 12.4 Å². The Labute approximate surface area is 118 Å². The molecule has 0 aliphatic rings. The zero-order valence-electron chi connectivity index (χ0n) is 11.2. The Kier molecular flexibility index (Phi) is 5.61. The lowest BCUT2D eigenvalue weighted by atomic mass is 10.1. The fourth-order valence-electron chi connectivity index (χ4n) is 1.70. The number of aliphatic hydroxyl groups is 1.